The quantitative estimate of drug-likeness (QED) is 0.925. The maximum absolute atomic E-state index is 12.6. The smallest absolute Gasteiger partial charge is 0.255 e. The molecule has 2 heterocycles. The minimum Gasteiger partial charge on any atom is -0.335 e. The molecule has 0 radical (unpaired) electrons. The van der Waals surface area contributed by atoms with Crippen LogP contribution < -0.4 is 5.14 Å². The van der Waals surface area contributed by atoms with Gasteiger partial charge in [0.1, 0.15) is 4.21 Å². The fourth-order valence-electron chi connectivity index (χ4n) is 2.78. The number of hydrogen-bond donors (Lipinski definition) is 1. The number of nitrogens with two attached hydrogens (primary N) is 1. The van der Waals surface area contributed by atoms with Gasteiger partial charge in [0, 0.05) is 18.0 Å². The second-order valence-electron chi connectivity index (χ2n) is 5.56. The standard InChI is InChI=1S/C13H20N2O3S2/c1-8(2)11-5-4-6-15(11)12(16)10-7-19-13(9(10)3)20(14,17)18/h7-8,11H,4-6H2,1-3H3,(H2,14,17,18). The average molecular weight is 316 g/mol. The van der Waals surface area contributed by atoms with Gasteiger partial charge in [-0.1, -0.05) is 13.8 Å². The number of primary sulfonamides is 1. The van der Waals surface area contributed by atoms with Crippen molar-refractivity contribution in [3.8, 4) is 0 Å². The molecule has 1 aliphatic rings. The van der Waals surface area contributed by atoms with E-state index in [0.29, 0.717) is 17.0 Å². The van der Waals surface area contributed by atoms with Crippen LogP contribution >= 0.6 is 11.3 Å². The van der Waals surface area contributed by atoms with E-state index >= 15 is 0 Å². The van der Waals surface area contributed by atoms with Gasteiger partial charge in [0.25, 0.3) is 5.91 Å². The van der Waals surface area contributed by atoms with Crippen LogP contribution in [0.15, 0.2) is 9.59 Å². The third-order valence-electron chi connectivity index (χ3n) is 3.81. The Balaban J connectivity index is 2.33. The van der Waals surface area contributed by atoms with E-state index in [1.165, 1.54) is 0 Å². The molecule has 1 fully saturated rings. The van der Waals surface area contributed by atoms with Gasteiger partial charge in [-0.15, -0.1) is 11.3 Å². The summed E-state index contributed by atoms with van der Waals surface area (Å²) in [5.74, 6) is 0.322. The Morgan fingerprint density at radius 3 is 2.65 bits per heavy atom. The highest BCUT2D eigenvalue weighted by molar-refractivity contribution is 7.91. The summed E-state index contributed by atoms with van der Waals surface area (Å²) in [5.41, 5.74) is 0.934. The third-order valence-corrected chi connectivity index (χ3v) is 6.49. The fraction of sp³-hybridized carbons (Fsp3) is 0.615. The first kappa shape index (κ1) is 15.5. The van der Waals surface area contributed by atoms with Crippen LogP contribution in [0.1, 0.15) is 42.6 Å². The van der Waals surface area contributed by atoms with Crippen molar-refractivity contribution in [1.82, 2.24) is 4.90 Å². The van der Waals surface area contributed by atoms with Crippen molar-refractivity contribution < 1.29 is 13.2 Å². The summed E-state index contributed by atoms with van der Waals surface area (Å²) in [6.45, 7) is 6.59. The first-order chi connectivity index (χ1) is 9.23. The molecule has 1 aromatic heterocycles. The summed E-state index contributed by atoms with van der Waals surface area (Å²) in [6.07, 6.45) is 2.01. The second kappa shape index (κ2) is 5.46. The van der Waals surface area contributed by atoms with Crippen LogP contribution in [0.25, 0.3) is 0 Å². The van der Waals surface area contributed by atoms with Crippen LogP contribution in [-0.2, 0) is 10.0 Å². The number of hydrogen-bond acceptors (Lipinski definition) is 4. The molecule has 0 spiro atoms. The lowest BCUT2D eigenvalue weighted by molar-refractivity contribution is 0.0701. The summed E-state index contributed by atoms with van der Waals surface area (Å²) in [4.78, 5) is 14.5. The molecule has 1 aliphatic heterocycles. The van der Waals surface area contributed by atoms with Gasteiger partial charge < -0.3 is 4.90 Å². The zero-order valence-corrected chi connectivity index (χ0v) is 13.6. The highest BCUT2D eigenvalue weighted by atomic mass is 32.2. The predicted molar refractivity (Wildman–Crippen MR) is 79.3 cm³/mol. The number of carbonyl (C=O) groups is 1. The van der Waals surface area contributed by atoms with Crippen molar-refractivity contribution >= 4 is 27.3 Å². The van der Waals surface area contributed by atoms with Gasteiger partial charge in [0.2, 0.25) is 10.0 Å². The number of sulfonamides is 1. The maximum atomic E-state index is 12.6. The van der Waals surface area contributed by atoms with Gasteiger partial charge in [-0.3, -0.25) is 4.79 Å². The molecule has 1 atom stereocenters. The van der Waals surface area contributed by atoms with Crippen molar-refractivity contribution in [1.29, 1.82) is 0 Å². The largest absolute Gasteiger partial charge is 0.335 e. The van der Waals surface area contributed by atoms with Gasteiger partial charge in [-0.2, -0.15) is 0 Å². The van der Waals surface area contributed by atoms with Crippen LogP contribution in [0.3, 0.4) is 0 Å². The molecule has 2 N–H and O–H groups in total. The number of amides is 1. The Morgan fingerprint density at radius 2 is 2.15 bits per heavy atom. The molecule has 1 unspecified atom stereocenters. The van der Waals surface area contributed by atoms with E-state index in [2.05, 4.69) is 13.8 Å². The van der Waals surface area contributed by atoms with E-state index in [-0.39, 0.29) is 16.2 Å². The van der Waals surface area contributed by atoms with Crippen LogP contribution in [0.4, 0.5) is 0 Å². The fourth-order valence-corrected chi connectivity index (χ4v) is 4.79. The summed E-state index contributed by atoms with van der Waals surface area (Å²) < 4.78 is 23.0. The maximum Gasteiger partial charge on any atom is 0.255 e. The topological polar surface area (TPSA) is 80.5 Å². The van der Waals surface area contributed by atoms with E-state index in [1.807, 2.05) is 4.90 Å². The molecule has 112 valence electrons. The molecule has 7 heteroatoms. The van der Waals surface area contributed by atoms with E-state index < -0.39 is 10.0 Å². The van der Waals surface area contributed by atoms with Crippen molar-refractivity contribution in [2.24, 2.45) is 11.1 Å². The number of thiophene rings is 1. The summed E-state index contributed by atoms with van der Waals surface area (Å²) in [5, 5.41) is 6.76. The van der Waals surface area contributed by atoms with Gasteiger partial charge in [-0.05, 0) is 31.2 Å². The van der Waals surface area contributed by atoms with Crippen molar-refractivity contribution in [2.75, 3.05) is 6.54 Å². The number of likely N-dealkylation sites (tertiary alicyclic amines) is 1. The molecule has 1 amide bonds. The molecular weight excluding hydrogens is 296 g/mol. The lowest BCUT2D eigenvalue weighted by atomic mass is 10.0. The molecule has 0 saturated carbocycles. The van der Waals surface area contributed by atoms with E-state index in [4.69, 9.17) is 5.14 Å². The van der Waals surface area contributed by atoms with Crippen molar-refractivity contribution in [3.63, 3.8) is 0 Å². The molecule has 1 saturated heterocycles. The van der Waals surface area contributed by atoms with Gasteiger partial charge in [0.05, 0.1) is 5.56 Å². The molecule has 0 bridgehead atoms. The number of nitrogens with zero attached hydrogens (tertiary/aromatic N) is 1. The highest BCUT2D eigenvalue weighted by Gasteiger charge is 2.33. The Hall–Kier alpha value is -0.920. The number of carbonyl (C=O) groups excluding carboxylic acids is 1. The van der Waals surface area contributed by atoms with Crippen molar-refractivity contribution in [3.05, 3.63) is 16.5 Å². The Labute approximate surface area is 123 Å². The van der Waals surface area contributed by atoms with Crippen LogP contribution in [-0.4, -0.2) is 31.8 Å². The SMILES string of the molecule is Cc1c(C(=O)N2CCCC2C(C)C)csc1S(N)(=O)=O. The minimum absolute atomic E-state index is 0.0788. The predicted octanol–water partition coefficient (Wildman–Crippen LogP) is 1.96. The lowest BCUT2D eigenvalue weighted by Crippen LogP contribution is -2.38. The molecule has 2 rings (SSSR count). The Morgan fingerprint density at radius 1 is 1.50 bits per heavy atom. The normalized spacial score (nSPS) is 19.9. The molecule has 0 aliphatic carbocycles. The van der Waals surface area contributed by atoms with E-state index in [0.717, 1.165) is 30.7 Å². The van der Waals surface area contributed by atoms with E-state index in [1.54, 1.807) is 12.3 Å². The zero-order valence-electron chi connectivity index (χ0n) is 11.9. The van der Waals surface area contributed by atoms with Crippen LogP contribution in [0.5, 0.6) is 0 Å². The lowest BCUT2D eigenvalue weighted by Gasteiger charge is -2.27. The molecule has 0 aromatic carbocycles. The van der Waals surface area contributed by atoms with Crippen molar-refractivity contribution in [2.45, 2.75) is 43.9 Å². The summed E-state index contributed by atoms with van der Waals surface area (Å²) in [6, 6.07) is 0.236. The van der Waals surface area contributed by atoms with Gasteiger partial charge in [-0.25, -0.2) is 13.6 Å². The molecular formula is C13H20N2O3S2. The van der Waals surface area contributed by atoms with Gasteiger partial charge in [0.15, 0.2) is 0 Å². The third kappa shape index (κ3) is 2.75. The van der Waals surface area contributed by atoms with Gasteiger partial charge >= 0.3 is 0 Å². The first-order valence-electron chi connectivity index (χ1n) is 6.65. The summed E-state index contributed by atoms with van der Waals surface area (Å²) >= 11 is 1.02. The Bertz CT molecular complexity index is 620. The minimum atomic E-state index is -3.75. The number of rotatable bonds is 3. The zero-order chi connectivity index (χ0) is 15.1. The Kier molecular flexibility index (Phi) is 4.22. The summed E-state index contributed by atoms with van der Waals surface area (Å²) in [7, 11) is -3.75. The molecule has 5 nitrogen and oxygen atoms in total. The van der Waals surface area contributed by atoms with Crippen LogP contribution in [0.2, 0.25) is 0 Å². The second-order valence-corrected chi connectivity index (χ2v) is 8.20. The highest BCUT2D eigenvalue weighted by Crippen LogP contribution is 2.30. The van der Waals surface area contributed by atoms with E-state index in [9.17, 15) is 13.2 Å². The van der Waals surface area contributed by atoms with Crippen LogP contribution in [0, 0.1) is 12.8 Å². The molecule has 20 heavy (non-hydrogen) atoms. The average Bonchev–Trinajstić information content (AvgIpc) is 2.92. The monoisotopic (exact) mass is 316 g/mol. The first-order valence-corrected chi connectivity index (χ1v) is 9.08. The molecule has 1 aromatic rings.